The van der Waals surface area contributed by atoms with Crippen molar-refractivity contribution in [3.05, 3.63) is 121 Å². The second kappa shape index (κ2) is 15.2. The SMILES string of the molecule is CCc1cc(OCc2nn[nH]n2)cc(F)c1CSC1=C(C)C(C)C=C(C(C)(C)c2ccc(Cl)c(OC)c2)C(C)C(c2ccc(F)cc2)C1. The van der Waals surface area contributed by atoms with Crippen LogP contribution in [0.4, 0.5) is 8.78 Å². The van der Waals surface area contributed by atoms with Crippen LogP contribution in [-0.2, 0) is 24.2 Å². The van der Waals surface area contributed by atoms with Gasteiger partial charge in [-0.15, -0.1) is 22.0 Å². The molecule has 254 valence electrons. The molecular formula is C38H43ClF2N4O2S. The number of aromatic nitrogens is 4. The van der Waals surface area contributed by atoms with E-state index in [9.17, 15) is 4.39 Å². The molecule has 3 aromatic carbocycles. The van der Waals surface area contributed by atoms with Crippen molar-refractivity contribution in [1.82, 2.24) is 20.6 Å². The first-order valence-corrected chi connectivity index (χ1v) is 17.6. The van der Waals surface area contributed by atoms with Crippen LogP contribution in [-0.4, -0.2) is 27.7 Å². The molecule has 4 aromatic rings. The van der Waals surface area contributed by atoms with Crippen LogP contribution in [0.25, 0.3) is 0 Å². The van der Waals surface area contributed by atoms with E-state index in [0.29, 0.717) is 40.1 Å². The fourth-order valence-electron chi connectivity index (χ4n) is 6.61. The minimum absolute atomic E-state index is 0.0617. The zero-order valence-electron chi connectivity index (χ0n) is 28.5. The number of H-pyrrole nitrogens is 1. The number of allylic oxidation sites excluding steroid dienone is 4. The van der Waals surface area contributed by atoms with Gasteiger partial charge in [0, 0.05) is 22.8 Å². The van der Waals surface area contributed by atoms with Gasteiger partial charge in [0.15, 0.2) is 6.61 Å². The van der Waals surface area contributed by atoms with Crippen molar-refractivity contribution in [3.63, 3.8) is 0 Å². The molecular weight excluding hydrogens is 650 g/mol. The average molecular weight is 693 g/mol. The number of tetrazole rings is 1. The Labute approximate surface area is 291 Å². The maximum absolute atomic E-state index is 15.7. The number of aryl methyl sites for hydroxylation is 1. The van der Waals surface area contributed by atoms with E-state index in [0.717, 1.165) is 23.1 Å². The lowest BCUT2D eigenvalue weighted by Gasteiger charge is -2.40. The average Bonchev–Trinajstić information content (AvgIpc) is 3.60. The second-order valence-electron chi connectivity index (χ2n) is 12.9. The summed E-state index contributed by atoms with van der Waals surface area (Å²) in [6, 6.07) is 16.2. The number of thioether (sulfide) groups is 1. The quantitative estimate of drug-likeness (QED) is 0.158. The molecule has 6 nitrogen and oxygen atoms in total. The van der Waals surface area contributed by atoms with E-state index < -0.39 is 0 Å². The van der Waals surface area contributed by atoms with Crippen molar-refractivity contribution < 1.29 is 18.3 Å². The third-order valence-corrected chi connectivity index (χ3v) is 11.3. The second-order valence-corrected chi connectivity index (χ2v) is 14.4. The van der Waals surface area contributed by atoms with Crippen LogP contribution in [0.15, 0.2) is 76.7 Å². The van der Waals surface area contributed by atoms with E-state index >= 15 is 4.39 Å². The lowest BCUT2D eigenvalue weighted by Crippen LogP contribution is -2.29. The zero-order valence-corrected chi connectivity index (χ0v) is 30.1. The number of nitrogens with zero attached hydrogens (tertiary/aromatic N) is 3. The van der Waals surface area contributed by atoms with Gasteiger partial charge in [0.2, 0.25) is 5.82 Å². The number of ether oxygens (including phenoxy) is 2. The highest BCUT2D eigenvalue weighted by Gasteiger charge is 2.36. The summed E-state index contributed by atoms with van der Waals surface area (Å²) < 4.78 is 41.2. The highest BCUT2D eigenvalue weighted by molar-refractivity contribution is 8.02. The fraction of sp³-hybridized carbons (Fsp3) is 0.395. The summed E-state index contributed by atoms with van der Waals surface area (Å²) in [4.78, 5) is 1.23. The molecule has 3 atom stereocenters. The van der Waals surface area contributed by atoms with E-state index in [1.54, 1.807) is 18.9 Å². The predicted molar refractivity (Wildman–Crippen MR) is 189 cm³/mol. The van der Waals surface area contributed by atoms with Crippen LogP contribution < -0.4 is 9.47 Å². The molecule has 0 radical (unpaired) electrons. The van der Waals surface area contributed by atoms with Gasteiger partial charge >= 0.3 is 0 Å². The molecule has 1 heterocycles. The van der Waals surface area contributed by atoms with E-state index in [1.807, 2.05) is 37.3 Å². The Hall–Kier alpha value is -3.69. The van der Waals surface area contributed by atoms with Gasteiger partial charge in [0.05, 0.1) is 12.1 Å². The third kappa shape index (κ3) is 7.78. The molecule has 10 heteroatoms. The van der Waals surface area contributed by atoms with Crippen LogP contribution in [0, 0.1) is 23.5 Å². The van der Waals surface area contributed by atoms with Crippen LogP contribution in [0.2, 0.25) is 5.02 Å². The predicted octanol–water partition coefficient (Wildman–Crippen LogP) is 10.2. The van der Waals surface area contributed by atoms with Crippen molar-refractivity contribution in [2.45, 2.75) is 78.1 Å². The van der Waals surface area contributed by atoms with Crippen molar-refractivity contribution in [2.75, 3.05) is 7.11 Å². The largest absolute Gasteiger partial charge is 0.495 e. The van der Waals surface area contributed by atoms with Crippen molar-refractivity contribution in [2.24, 2.45) is 11.8 Å². The number of methoxy groups -OCH3 is 1. The summed E-state index contributed by atoms with van der Waals surface area (Å²) in [6.07, 6.45) is 3.80. The first-order chi connectivity index (χ1) is 22.9. The molecule has 1 aliphatic rings. The van der Waals surface area contributed by atoms with Gasteiger partial charge in [0.25, 0.3) is 0 Å². The summed E-state index contributed by atoms with van der Waals surface area (Å²) in [7, 11) is 1.63. The normalized spacial score (nSPS) is 18.7. The Kier molecular flexibility index (Phi) is 11.3. The molecule has 0 amide bonds. The standard InChI is InChI=1S/C38H43ClF2N4O2S/c1-8-25-16-29(47-20-37-42-44-45-43-37)18-34(41)31(25)21-48-36-19-30(26-9-12-28(40)13-10-26)24(4)32(15-22(2)23(36)3)38(5,6)27-11-14-33(39)35(17-27)46-7/h9-18,22,24,30H,8,19-21H2,1-7H3,(H,42,43,44,45). The van der Waals surface area contributed by atoms with E-state index in [1.165, 1.54) is 34.3 Å². The smallest absolute Gasteiger partial charge is 0.211 e. The monoisotopic (exact) mass is 692 g/mol. The Balaban J connectivity index is 1.50. The Morgan fingerprint density at radius 3 is 2.48 bits per heavy atom. The summed E-state index contributed by atoms with van der Waals surface area (Å²) in [5, 5.41) is 14.3. The summed E-state index contributed by atoms with van der Waals surface area (Å²) in [5.41, 5.74) is 5.95. The number of nitrogens with one attached hydrogen (secondary N) is 1. The van der Waals surface area contributed by atoms with Gasteiger partial charge < -0.3 is 9.47 Å². The number of aromatic amines is 1. The van der Waals surface area contributed by atoms with Crippen molar-refractivity contribution in [3.8, 4) is 11.5 Å². The van der Waals surface area contributed by atoms with E-state index in [-0.39, 0.29) is 41.4 Å². The van der Waals surface area contributed by atoms with Crippen LogP contribution in [0.5, 0.6) is 11.5 Å². The molecule has 48 heavy (non-hydrogen) atoms. The minimum atomic E-state index is -0.346. The van der Waals surface area contributed by atoms with E-state index in [4.69, 9.17) is 21.1 Å². The summed E-state index contributed by atoms with van der Waals surface area (Å²) >= 11 is 8.10. The molecule has 1 N–H and O–H groups in total. The maximum Gasteiger partial charge on any atom is 0.211 e. The minimum Gasteiger partial charge on any atom is -0.495 e. The van der Waals surface area contributed by atoms with Gasteiger partial charge in [-0.1, -0.05) is 86.9 Å². The van der Waals surface area contributed by atoms with Crippen molar-refractivity contribution >= 4 is 23.4 Å². The van der Waals surface area contributed by atoms with Gasteiger partial charge in [-0.25, -0.2) is 8.78 Å². The molecule has 0 saturated heterocycles. The maximum atomic E-state index is 15.7. The lowest BCUT2D eigenvalue weighted by atomic mass is 9.66. The van der Waals surface area contributed by atoms with Crippen LogP contribution in [0.3, 0.4) is 0 Å². The number of hydrogen-bond donors (Lipinski definition) is 1. The molecule has 5 rings (SSSR count). The topological polar surface area (TPSA) is 72.9 Å². The van der Waals surface area contributed by atoms with Gasteiger partial charge in [0.1, 0.15) is 23.1 Å². The zero-order chi connectivity index (χ0) is 34.6. The van der Waals surface area contributed by atoms with E-state index in [2.05, 4.69) is 67.4 Å². The van der Waals surface area contributed by atoms with Gasteiger partial charge in [-0.05, 0) is 89.4 Å². The molecule has 0 aliphatic heterocycles. The number of benzene rings is 3. The molecule has 3 unspecified atom stereocenters. The molecule has 0 fully saturated rings. The molecule has 0 spiro atoms. The number of halogens is 3. The van der Waals surface area contributed by atoms with Crippen LogP contribution >= 0.6 is 23.4 Å². The molecule has 1 aromatic heterocycles. The highest BCUT2D eigenvalue weighted by atomic mass is 35.5. The Bertz CT molecular complexity index is 1790. The lowest BCUT2D eigenvalue weighted by molar-refractivity contribution is 0.294. The molecule has 1 aliphatic carbocycles. The summed E-state index contributed by atoms with van der Waals surface area (Å²) in [6.45, 7) is 13.3. The molecule has 0 saturated carbocycles. The Morgan fingerprint density at radius 1 is 1.06 bits per heavy atom. The van der Waals surface area contributed by atoms with Crippen molar-refractivity contribution in [1.29, 1.82) is 0 Å². The van der Waals surface area contributed by atoms with Gasteiger partial charge in [-0.2, -0.15) is 5.21 Å². The third-order valence-electron chi connectivity index (χ3n) is 9.73. The van der Waals surface area contributed by atoms with Gasteiger partial charge in [-0.3, -0.25) is 0 Å². The number of rotatable bonds is 11. The first kappa shape index (κ1) is 35.6. The molecule has 0 bridgehead atoms. The fourth-order valence-corrected chi connectivity index (χ4v) is 8.16. The first-order valence-electron chi connectivity index (χ1n) is 16.2. The van der Waals surface area contributed by atoms with Crippen LogP contribution in [0.1, 0.15) is 82.0 Å². The number of hydrogen-bond acceptors (Lipinski definition) is 6. The highest BCUT2D eigenvalue weighted by Crippen LogP contribution is 2.49. The summed E-state index contributed by atoms with van der Waals surface area (Å²) in [5.74, 6) is 1.71. The Morgan fingerprint density at radius 2 is 1.81 bits per heavy atom.